The summed E-state index contributed by atoms with van der Waals surface area (Å²) < 4.78 is 11.2. The molecule has 1 aromatic carbocycles. The minimum atomic E-state index is -0.164. The third-order valence-electron chi connectivity index (χ3n) is 3.93. The topological polar surface area (TPSA) is 67.8 Å². The Morgan fingerprint density at radius 2 is 1.90 bits per heavy atom. The van der Waals surface area contributed by atoms with Gasteiger partial charge in [0.25, 0.3) is 5.91 Å². The van der Waals surface area contributed by atoms with Crippen LogP contribution in [0.25, 0.3) is 0 Å². The predicted octanol–water partition coefficient (Wildman–Crippen LogP) is 2.36. The largest absolute Gasteiger partial charge is 0.495 e. The van der Waals surface area contributed by atoms with Crippen molar-refractivity contribution in [3.63, 3.8) is 0 Å². The van der Waals surface area contributed by atoms with Gasteiger partial charge in [0, 0.05) is 18.7 Å². The summed E-state index contributed by atoms with van der Waals surface area (Å²) in [5.41, 5.74) is 0.584. The first-order chi connectivity index (χ1) is 10.0. The molecule has 0 atom stereocenters. The van der Waals surface area contributed by atoms with E-state index in [1.807, 2.05) is 0 Å². The molecule has 0 spiro atoms. The summed E-state index contributed by atoms with van der Waals surface area (Å²) in [7, 11) is 3.09. The normalized spacial score (nSPS) is 15.4. The van der Waals surface area contributed by atoms with E-state index in [1.165, 1.54) is 0 Å². The summed E-state index contributed by atoms with van der Waals surface area (Å²) in [6.45, 7) is 0.753. The van der Waals surface area contributed by atoms with Crippen LogP contribution >= 0.6 is 15.9 Å². The monoisotopic (exact) mass is 357 g/mol. The quantitative estimate of drug-likeness (QED) is 0.785. The van der Waals surface area contributed by atoms with Gasteiger partial charge in [-0.25, -0.2) is 0 Å². The molecule has 0 bridgehead atoms. The van der Waals surface area contributed by atoms with Crippen molar-refractivity contribution < 1.29 is 19.4 Å². The fourth-order valence-electron chi connectivity index (χ4n) is 2.30. The van der Waals surface area contributed by atoms with Gasteiger partial charge in [-0.05, 0) is 52.7 Å². The predicted molar refractivity (Wildman–Crippen MR) is 82.9 cm³/mol. The number of carbonyl (C=O) groups excluding carboxylic acids is 1. The summed E-state index contributed by atoms with van der Waals surface area (Å²) in [5, 5.41) is 12.0. The van der Waals surface area contributed by atoms with Gasteiger partial charge >= 0.3 is 0 Å². The summed E-state index contributed by atoms with van der Waals surface area (Å²) >= 11 is 3.38. The molecule has 0 radical (unpaired) electrons. The van der Waals surface area contributed by atoms with E-state index in [0.29, 0.717) is 28.1 Å². The number of halogens is 1. The Labute approximate surface area is 132 Å². The van der Waals surface area contributed by atoms with Gasteiger partial charge in [-0.2, -0.15) is 0 Å². The van der Waals surface area contributed by atoms with E-state index in [9.17, 15) is 4.79 Å². The molecule has 0 heterocycles. The van der Waals surface area contributed by atoms with Gasteiger partial charge in [0.2, 0.25) is 0 Å². The molecule has 1 aromatic rings. The zero-order chi connectivity index (χ0) is 15.5. The minimum Gasteiger partial charge on any atom is -0.495 e. The highest BCUT2D eigenvalue weighted by Crippen LogP contribution is 2.48. The molecule has 0 aromatic heterocycles. The summed E-state index contributed by atoms with van der Waals surface area (Å²) in [4.78, 5) is 12.3. The lowest BCUT2D eigenvalue weighted by molar-refractivity contribution is 0.0940. The van der Waals surface area contributed by atoms with Gasteiger partial charge in [-0.3, -0.25) is 4.79 Å². The molecule has 1 aliphatic carbocycles. The molecule has 1 aliphatic rings. The van der Waals surface area contributed by atoms with E-state index in [1.54, 1.807) is 26.4 Å². The Kier molecular flexibility index (Phi) is 5.11. The van der Waals surface area contributed by atoms with Crippen molar-refractivity contribution in [1.82, 2.24) is 5.32 Å². The van der Waals surface area contributed by atoms with Crippen LogP contribution in [0.4, 0.5) is 0 Å². The first-order valence-corrected chi connectivity index (χ1v) is 7.65. The van der Waals surface area contributed by atoms with Crippen molar-refractivity contribution in [3.8, 4) is 11.5 Å². The zero-order valence-electron chi connectivity index (χ0n) is 12.2. The van der Waals surface area contributed by atoms with E-state index >= 15 is 0 Å². The number of rotatable bonds is 7. The number of ether oxygens (including phenoxy) is 2. The second kappa shape index (κ2) is 6.66. The Balaban J connectivity index is 2.08. The highest BCUT2D eigenvalue weighted by molar-refractivity contribution is 9.10. The number of methoxy groups -OCH3 is 2. The summed E-state index contributed by atoms with van der Waals surface area (Å²) in [6.07, 6.45) is 2.85. The molecule has 5 nitrogen and oxygen atoms in total. The maximum atomic E-state index is 12.3. The first kappa shape index (κ1) is 16.1. The van der Waals surface area contributed by atoms with Crippen LogP contribution < -0.4 is 14.8 Å². The zero-order valence-corrected chi connectivity index (χ0v) is 13.8. The smallest absolute Gasteiger partial charge is 0.251 e. The minimum absolute atomic E-state index is 0.0912. The number of nitrogens with one attached hydrogen (secondary N) is 1. The van der Waals surface area contributed by atoms with E-state index < -0.39 is 0 Å². The van der Waals surface area contributed by atoms with Crippen molar-refractivity contribution in [2.45, 2.75) is 19.3 Å². The van der Waals surface area contributed by atoms with E-state index in [0.717, 1.165) is 19.3 Å². The SMILES string of the molecule is COc1cc(C(=O)NCC2(CCO)CC2)cc(OC)c1Br. The molecule has 1 fully saturated rings. The van der Waals surface area contributed by atoms with E-state index in [4.69, 9.17) is 14.6 Å². The summed E-state index contributed by atoms with van der Waals surface area (Å²) in [6, 6.07) is 3.35. The van der Waals surface area contributed by atoms with E-state index in [-0.39, 0.29) is 17.9 Å². The van der Waals surface area contributed by atoms with Crippen LogP contribution in [-0.4, -0.2) is 38.4 Å². The molecule has 0 saturated heterocycles. The Hall–Kier alpha value is -1.27. The maximum Gasteiger partial charge on any atom is 0.251 e. The van der Waals surface area contributed by atoms with Crippen LogP contribution in [0.5, 0.6) is 11.5 Å². The highest BCUT2D eigenvalue weighted by Gasteiger charge is 2.41. The number of benzene rings is 1. The van der Waals surface area contributed by atoms with E-state index in [2.05, 4.69) is 21.2 Å². The Bertz CT molecular complexity index is 503. The first-order valence-electron chi connectivity index (χ1n) is 6.86. The van der Waals surface area contributed by atoms with Gasteiger partial charge in [0.15, 0.2) is 0 Å². The number of aliphatic hydroxyl groups is 1. The second-order valence-electron chi connectivity index (χ2n) is 5.35. The number of hydrogen-bond acceptors (Lipinski definition) is 4. The molecule has 6 heteroatoms. The molecular formula is C15H20BrNO4. The lowest BCUT2D eigenvalue weighted by Gasteiger charge is -2.16. The molecule has 21 heavy (non-hydrogen) atoms. The van der Waals surface area contributed by atoms with Gasteiger partial charge < -0.3 is 19.9 Å². The standard InChI is InChI=1S/C15H20BrNO4/c1-20-11-7-10(8-12(21-2)13(11)16)14(19)17-9-15(3-4-15)5-6-18/h7-8,18H,3-6,9H2,1-2H3,(H,17,19). The molecule has 116 valence electrons. The second-order valence-corrected chi connectivity index (χ2v) is 6.14. The number of carbonyl (C=O) groups is 1. The molecule has 0 unspecified atom stereocenters. The fraction of sp³-hybridized carbons (Fsp3) is 0.533. The number of hydrogen-bond donors (Lipinski definition) is 2. The van der Waals surface area contributed by atoms with Crippen molar-refractivity contribution in [2.24, 2.45) is 5.41 Å². The van der Waals surface area contributed by atoms with Crippen molar-refractivity contribution in [2.75, 3.05) is 27.4 Å². The average molecular weight is 358 g/mol. The Morgan fingerprint density at radius 3 is 2.33 bits per heavy atom. The van der Waals surface area contributed by atoms with Crippen molar-refractivity contribution in [3.05, 3.63) is 22.2 Å². The van der Waals surface area contributed by atoms with Crippen LogP contribution in [0.3, 0.4) is 0 Å². The van der Waals surface area contributed by atoms with Crippen LogP contribution in [0, 0.1) is 5.41 Å². The van der Waals surface area contributed by atoms with Gasteiger partial charge in [0.1, 0.15) is 16.0 Å². The van der Waals surface area contributed by atoms with Crippen LogP contribution in [0.1, 0.15) is 29.6 Å². The molecule has 0 aliphatic heterocycles. The lowest BCUT2D eigenvalue weighted by atomic mass is 10.0. The van der Waals surface area contributed by atoms with Crippen LogP contribution in [0.15, 0.2) is 16.6 Å². The Morgan fingerprint density at radius 1 is 1.33 bits per heavy atom. The highest BCUT2D eigenvalue weighted by atomic mass is 79.9. The number of aliphatic hydroxyl groups excluding tert-OH is 1. The van der Waals surface area contributed by atoms with Crippen molar-refractivity contribution >= 4 is 21.8 Å². The molecular weight excluding hydrogens is 338 g/mol. The lowest BCUT2D eigenvalue weighted by Crippen LogP contribution is -2.30. The average Bonchev–Trinajstić information content (AvgIpc) is 3.25. The van der Waals surface area contributed by atoms with Gasteiger partial charge in [0.05, 0.1) is 14.2 Å². The fourth-order valence-corrected chi connectivity index (χ4v) is 2.85. The molecule has 2 N–H and O–H groups in total. The molecule has 1 saturated carbocycles. The summed E-state index contributed by atoms with van der Waals surface area (Å²) in [5.74, 6) is 0.940. The van der Waals surface area contributed by atoms with Crippen LogP contribution in [0.2, 0.25) is 0 Å². The maximum absolute atomic E-state index is 12.3. The van der Waals surface area contributed by atoms with Gasteiger partial charge in [-0.15, -0.1) is 0 Å². The van der Waals surface area contributed by atoms with Gasteiger partial charge in [-0.1, -0.05) is 0 Å². The third-order valence-corrected chi connectivity index (χ3v) is 4.71. The number of amides is 1. The molecule has 2 rings (SSSR count). The third kappa shape index (κ3) is 3.68. The molecule has 1 amide bonds. The van der Waals surface area contributed by atoms with Crippen molar-refractivity contribution in [1.29, 1.82) is 0 Å². The van der Waals surface area contributed by atoms with Crippen LogP contribution in [-0.2, 0) is 0 Å².